The van der Waals surface area contributed by atoms with Gasteiger partial charge in [0.15, 0.2) is 0 Å². The maximum absolute atomic E-state index is 12.5. The standard InChI is InChI=1S/C16H14N2O3/c1-9-3-5-11-12(7-9)16(20)18(15(11)19)13-6-4-10(17)8-14(13)21-2/h3-8H,17H2,1-2H3. The number of hydrogen-bond donors (Lipinski definition) is 1. The summed E-state index contributed by atoms with van der Waals surface area (Å²) in [4.78, 5) is 26.1. The number of amides is 2. The van der Waals surface area contributed by atoms with Gasteiger partial charge in [0.25, 0.3) is 11.8 Å². The summed E-state index contributed by atoms with van der Waals surface area (Å²) in [7, 11) is 1.47. The summed E-state index contributed by atoms with van der Waals surface area (Å²) < 4.78 is 5.23. The van der Waals surface area contributed by atoms with Crippen molar-refractivity contribution in [3.8, 4) is 5.75 Å². The van der Waals surface area contributed by atoms with Crippen LogP contribution < -0.4 is 15.4 Å². The molecule has 0 fully saturated rings. The van der Waals surface area contributed by atoms with Crippen LogP contribution in [0, 0.1) is 6.92 Å². The number of anilines is 2. The summed E-state index contributed by atoms with van der Waals surface area (Å²) in [6.07, 6.45) is 0. The van der Waals surface area contributed by atoms with Gasteiger partial charge in [-0.15, -0.1) is 0 Å². The van der Waals surface area contributed by atoms with Crippen LogP contribution in [-0.2, 0) is 0 Å². The van der Waals surface area contributed by atoms with Crippen LogP contribution in [0.2, 0.25) is 0 Å². The van der Waals surface area contributed by atoms with Crippen molar-refractivity contribution in [3.05, 3.63) is 53.1 Å². The minimum atomic E-state index is -0.349. The number of hydrogen-bond acceptors (Lipinski definition) is 4. The number of methoxy groups -OCH3 is 1. The van der Waals surface area contributed by atoms with Crippen molar-refractivity contribution in [1.29, 1.82) is 0 Å². The van der Waals surface area contributed by atoms with E-state index >= 15 is 0 Å². The molecule has 1 aliphatic rings. The van der Waals surface area contributed by atoms with E-state index in [9.17, 15) is 9.59 Å². The zero-order valence-electron chi connectivity index (χ0n) is 11.7. The number of rotatable bonds is 2. The predicted octanol–water partition coefficient (Wildman–Crippen LogP) is 2.39. The Balaban J connectivity index is 2.14. The average molecular weight is 282 g/mol. The first-order valence-electron chi connectivity index (χ1n) is 6.46. The molecule has 0 unspecified atom stereocenters. The molecule has 2 aromatic carbocycles. The Morgan fingerprint density at radius 1 is 1.00 bits per heavy atom. The summed E-state index contributed by atoms with van der Waals surface area (Å²) in [6.45, 7) is 1.88. The molecule has 2 amide bonds. The van der Waals surface area contributed by atoms with Crippen molar-refractivity contribution < 1.29 is 14.3 Å². The quantitative estimate of drug-likeness (QED) is 0.678. The Morgan fingerprint density at radius 2 is 1.71 bits per heavy atom. The summed E-state index contributed by atoms with van der Waals surface area (Å²) in [5, 5.41) is 0. The van der Waals surface area contributed by atoms with E-state index in [2.05, 4.69) is 0 Å². The molecule has 0 spiro atoms. The number of imide groups is 1. The normalized spacial score (nSPS) is 13.5. The Bertz CT molecular complexity index is 768. The fraction of sp³-hybridized carbons (Fsp3) is 0.125. The van der Waals surface area contributed by atoms with Gasteiger partial charge in [0.05, 0.1) is 23.9 Å². The molecule has 1 aliphatic heterocycles. The van der Waals surface area contributed by atoms with Crippen molar-refractivity contribution in [1.82, 2.24) is 0 Å². The highest BCUT2D eigenvalue weighted by Crippen LogP contribution is 2.36. The van der Waals surface area contributed by atoms with E-state index in [-0.39, 0.29) is 11.8 Å². The van der Waals surface area contributed by atoms with Crippen LogP contribution in [-0.4, -0.2) is 18.9 Å². The maximum atomic E-state index is 12.5. The van der Waals surface area contributed by atoms with Crippen LogP contribution in [0.5, 0.6) is 5.75 Å². The zero-order chi connectivity index (χ0) is 15.1. The van der Waals surface area contributed by atoms with Crippen LogP contribution in [0.4, 0.5) is 11.4 Å². The van der Waals surface area contributed by atoms with Crippen molar-refractivity contribution in [2.24, 2.45) is 0 Å². The molecule has 0 aliphatic carbocycles. The van der Waals surface area contributed by atoms with Crippen LogP contribution in [0.1, 0.15) is 26.3 Å². The Hall–Kier alpha value is -2.82. The molecule has 21 heavy (non-hydrogen) atoms. The highest BCUT2D eigenvalue weighted by Gasteiger charge is 2.37. The molecule has 5 nitrogen and oxygen atoms in total. The number of carbonyl (C=O) groups is 2. The number of nitrogen functional groups attached to an aromatic ring is 1. The molecule has 0 radical (unpaired) electrons. The molecule has 3 rings (SSSR count). The second-order valence-corrected chi connectivity index (χ2v) is 4.93. The molecule has 106 valence electrons. The van der Waals surface area contributed by atoms with Crippen molar-refractivity contribution in [2.45, 2.75) is 6.92 Å². The minimum Gasteiger partial charge on any atom is -0.494 e. The van der Waals surface area contributed by atoms with Gasteiger partial charge in [0, 0.05) is 11.8 Å². The van der Waals surface area contributed by atoms with E-state index < -0.39 is 0 Å². The zero-order valence-corrected chi connectivity index (χ0v) is 11.7. The number of nitrogens with zero attached hydrogens (tertiary/aromatic N) is 1. The van der Waals surface area contributed by atoms with Gasteiger partial charge < -0.3 is 10.5 Å². The van der Waals surface area contributed by atoms with E-state index in [0.29, 0.717) is 28.3 Å². The molecule has 2 N–H and O–H groups in total. The molecule has 1 heterocycles. The summed E-state index contributed by atoms with van der Waals surface area (Å²) in [5.74, 6) is -0.305. The van der Waals surface area contributed by atoms with Crippen molar-refractivity contribution in [2.75, 3.05) is 17.7 Å². The van der Waals surface area contributed by atoms with Gasteiger partial charge >= 0.3 is 0 Å². The smallest absolute Gasteiger partial charge is 0.266 e. The molecule has 0 saturated carbocycles. The summed E-state index contributed by atoms with van der Waals surface area (Å²) in [6, 6.07) is 10.0. The van der Waals surface area contributed by atoms with Gasteiger partial charge in [0.1, 0.15) is 5.75 Å². The third-order valence-corrected chi connectivity index (χ3v) is 3.49. The maximum Gasteiger partial charge on any atom is 0.266 e. The van der Waals surface area contributed by atoms with Gasteiger partial charge in [-0.1, -0.05) is 11.6 Å². The lowest BCUT2D eigenvalue weighted by molar-refractivity contribution is 0.0925. The fourth-order valence-electron chi connectivity index (χ4n) is 2.45. The first kappa shape index (κ1) is 13.2. The first-order valence-corrected chi connectivity index (χ1v) is 6.46. The number of nitrogens with two attached hydrogens (primary N) is 1. The van der Waals surface area contributed by atoms with Crippen LogP contribution >= 0.6 is 0 Å². The Kier molecular flexibility index (Phi) is 2.90. The highest BCUT2D eigenvalue weighted by molar-refractivity contribution is 6.34. The third-order valence-electron chi connectivity index (χ3n) is 3.49. The van der Waals surface area contributed by atoms with Gasteiger partial charge in [-0.3, -0.25) is 9.59 Å². The predicted molar refractivity (Wildman–Crippen MR) is 79.7 cm³/mol. The van der Waals surface area contributed by atoms with E-state index in [0.717, 1.165) is 10.5 Å². The molecule has 0 saturated heterocycles. The third kappa shape index (κ3) is 1.94. The van der Waals surface area contributed by atoms with Crippen molar-refractivity contribution in [3.63, 3.8) is 0 Å². The largest absolute Gasteiger partial charge is 0.494 e. The van der Waals surface area contributed by atoms with Gasteiger partial charge in [-0.2, -0.15) is 0 Å². The molecule has 0 aromatic heterocycles. The van der Waals surface area contributed by atoms with Gasteiger partial charge in [-0.25, -0.2) is 4.90 Å². The van der Waals surface area contributed by atoms with E-state index in [1.807, 2.05) is 13.0 Å². The van der Waals surface area contributed by atoms with Crippen LogP contribution in [0.3, 0.4) is 0 Å². The van der Waals surface area contributed by atoms with Gasteiger partial charge in [0.2, 0.25) is 0 Å². The number of ether oxygens (including phenoxy) is 1. The molecule has 0 atom stereocenters. The first-order chi connectivity index (χ1) is 10.0. The average Bonchev–Trinajstić information content (AvgIpc) is 2.71. The molecule has 0 bridgehead atoms. The van der Waals surface area contributed by atoms with E-state index in [4.69, 9.17) is 10.5 Å². The monoisotopic (exact) mass is 282 g/mol. The molecular weight excluding hydrogens is 268 g/mol. The highest BCUT2D eigenvalue weighted by atomic mass is 16.5. The minimum absolute atomic E-state index is 0.346. The molecule has 5 heteroatoms. The van der Waals surface area contributed by atoms with E-state index in [1.54, 1.807) is 30.3 Å². The van der Waals surface area contributed by atoms with Crippen LogP contribution in [0.25, 0.3) is 0 Å². The number of benzene rings is 2. The second kappa shape index (κ2) is 4.63. The number of carbonyl (C=O) groups excluding carboxylic acids is 2. The number of aryl methyl sites for hydroxylation is 1. The lowest BCUT2D eigenvalue weighted by Gasteiger charge is -2.17. The lowest BCUT2D eigenvalue weighted by Crippen LogP contribution is -2.29. The topological polar surface area (TPSA) is 72.6 Å². The fourth-order valence-corrected chi connectivity index (χ4v) is 2.45. The molecular formula is C16H14N2O3. The second-order valence-electron chi connectivity index (χ2n) is 4.93. The van der Waals surface area contributed by atoms with Crippen LogP contribution in [0.15, 0.2) is 36.4 Å². The Labute approximate surface area is 121 Å². The summed E-state index contributed by atoms with van der Waals surface area (Å²) in [5.41, 5.74) is 8.36. The number of fused-ring (bicyclic) bond motifs is 1. The molecule has 2 aromatic rings. The Morgan fingerprint density at radius 3 is 2.43 bits per heavy atom. The van der Waals surface area contributed by atoms with E-state index in [1.165, 1.54) is 7.11 Å². The SMILES string of the molecule is COc1cc(N)ccc1N1C(=O)c2ccc(C)cc2C1=O. The van der Waals surface area contributed by atoms with Crippen molar-refractivity contribution >= 4 is 23.2 Å². The summed E-state index contributed by atoms with van der Waals surface area (Å²) >= 11 is 0. The van der Waals surface area contributed by atoms with Gasteiger partial charge in [-0.05, 0) is 31.2 Å². The lowest BCUT2D eigenvalue weighted by atomic mass is 10.1.